The average Bonchev–Trinajstić information content (AvgIpc) is 2.76. The third kappa shape index (κ3) is 5.22. The van der Waals surface area contributed by atoms with Gasteiger partial charge in [-0.05, 0) is 56.5 Å². The maximum absolute atomic E-state index is 13.2. The molecule has 34 heavy (non-hydrogen) atoms. The van der Waals surface area contributed by atoms with Crippen molar-refractivity contribution < 1.29 is 24.2 Å². The van der Waals surface area contributed by atoms with Crippen molar-refractivity contribution in [2.75, 3.05) is 7.05 Å². The highest BCUT2D eigenvalue weighted by molar-refractivity contribution is 6.02. The van der Waals surface area contributed by atoms with Crippen molar-refractivity contribution in [3.8, 4) is 5.75 Å². The van der Waals surface area contributed by atoms with E-state index in [2.05, 4.69) is 15.6 Å². The Labute approximate surface area is 194 Å². The van der Waals surface area contributed by atoms with Gasteiger partial charge in [0.1, 0.15) is 16.9 Å². The van der Waals surface area contributed by atoms with Gasteiger partial charge in [-0.15, -0.1) is 0 Å². The topological polar surface area (TPSA) is 134 Å². The molecule has 4 N–H and O–H groups in total. The van der Waals surface area contributed by atoms with Crippen molar-refractivity contribution in [3.63, 3.8) is 0 Å². The van der Waals surface area contributed by atoms with E-state index in [0.717, 1.165) is 16.3 Å². The normalized spacial score (nSPS) is 12.0. The van der Waals surface area contributed by atoms with Crippen LogP contribution in [0.1, 0.15) is 42.3 Å². The van der Waals surface area contributed by atoms with E-state index < -0.39 is 40.0 Å². The molecule has 0 saturated heterocycles. The predicted octanol–water partition coefficient (Wildman–Crippen LogP) is 2.46. The van der Waals surface area contributed by atoms with Crippen LogP contribution in [-0.4, -0.2) is 44.2 Å². The second-order valence-electron chi connectivity index (χ2n) is 8.71. The summed E-state index contributed by atoms with van der Waals surface area (Å²) < 4.78 is 14.1. The molecule has 10 heteroatoms. The van der Waals surface area contributed by atoms with Gasteiger partial charge in [-0.3, -0.25) is 23.9 Å². The number of carbonyl (C=O) groups is 2. The molecule has 0 aliphatic heterocycles. The van der Waals surface area contributed by atoms with Crippen molar-refractivity contribution in [3.05, 3.63) is 75.1 Å². The molecule has 9 nitrogen and oxygen atoms in total. The summed E-state index contributed by atoms with van der Waals surface area (Å²) in [5.41, 5.74) is -0.852. The van der Waals surface area contributed by atoms with E-state index in [1.165, 1.54) is 31.4 Å². The van der Waals surface area contributed by atoms with Gasteiger partial charge in [-0.1, -0.05) is 12.1 Å². The smallest absolute Gasteiger partial charge is 0.288 e. The molecule has 0 atom stereocenters. The maximum Gasteiger partial charge on any atom is 0.288 e. The molecule has 0 aliphatic carbocycles. The number of aromatic hydroxyl groups is 1. The van der Waals surface area contributed by atoms with Crippen LogP contribution in [0.4, 0.5) is 4.39 Å². The van der Waals surface area contributed by atoms with Crippen molar-refractivity contribution in [1.82, 2.24) is 20.2 Å². The third-order valence-electron chi connectivity index (χ3n) is 4.83. The summed E-state index contributed by atoms with van der Waals surface area (Å²) in [6, 6.07) is 7.36. The maximum atomic E-state index is 13.2. The molecule has 0 spiro atoms. The zero-order valence-electron chi connectivity index (χ0n) is 19.1. The number of pyridine rings is 2. The van der Waals surface area contributed by atoms with E-state index in [-0.39, 0.29) is 16.9 Å². The van der Waals surface area contributed by atoms with Crippen LogP contribution < -0.4 is 16.2 Å². The number of aliphatic hydroxyl groups excluding tert-OH is 1. The zero-order chi connectivity index (χ0) is 25.2. The number of hydrogen-bond donors (Lipinski definition) is 4. The minimum atomic E-state index is -0.958. The van der Waals surface area contributed by atoms with Gasteiger partial charge in [0.15, 0.2) is 11.5 Å². The van der Waals surface area contributed by atoms with Gasteiger partial charge in [0, 0.05) is 18.8 Å². The molecular formula is C24H25FN4O5. The Kier molecular flexibility index (Phi) is 6.71. The van der Waals surface area contributed by atoms with Gasteiger partial charge >= 0.3 is 0 Å². The van der Waals surface area contributed by atoms with Gasteiger partial charge in [0.25, 0.3) is 17.4 Å². The quantitative estimate of drug-likeness (QED) is 0.336. The highest BCUT2D eigenvalue weighted by atomic mass is 19.1. The number of nitrogens with one attached hydrogen (secondary N) is 2. The first-order valence-electron chi connectivity index (χ1n) is 10.4. The largest absolute Gasteiger partial charge is 0.505 e. The Hall–Kier alpha value is -4.21. The lowest BCUT2D eigenvalue weighted by Crippen LogP contribution is -2.41. The van der Waals surface area contributed by atoms with Gasteiger partial charge in [0.05, 0.1) is 11.7 Å². The number of benzene rings is 1. The Morgan fingerprint density at radius 1 is 1.18 bits per heavy atom. The number of halogens is 1. The molecule has 1 aromatic carbocycles. The molecular weight excluding hydrogens is 443 g/mol. The van der Waals surface area contributed by atoms with Crippen molar-refractivity contribution in [1.29, 1.82) is 0 Å². The molecule has 3 rings (SSSR count). The number of fused-ring (bicyclic) bond motifs is 1. The first kappa shape index (κ1) is 24.4. The van der Waals surface area contributed by atoms with E-state index in [4.69, 9.17) is 0 Å². The van der Waals surface area contributed by atoms with Crippen LogP contribution in [0.2, 0.25) is 0 Å². The fraction of sp³-hybridized carbons (Fsp3) is 0.250. The molecule has 178 valence electrons. The average molecular weight is 468 g/mol. The lowest BCUT2D eigenvalue weighted by Gasteiger charge is -2.20. The Bertz CT molecular complexity index is 1360. The molecule has 2 amide bonds. The first-order valence-corrected chi connectivity index (χ1v) is 10.4. The SMILES string of the molecule is CNC(=O)c1c(O)c2ncc(Cc3ccc(F)cc3)cc2n(/C=C(\O)C(=O)NC(C)(C)C)c1=O. The Balaban J connectivity index is 2.22. The van der Waals surface area contributed by atoms with Gasteiger partial charge in [0.2, 0.25) is 0 Å². The molecule has 3 aromatic rings. The van der Waals surface area contributed by atoms with Crippen molar-refractivity contribution >= 4 is 29.0 Å². The summed E-state index contributed by atoms with van der Waals surface area (Å²) in [4.78, 5) is 42.0. The van der Waals surface area contributed by atoms with Crippen molar-refractivity contribution in [2.24, 2.45) is 0 Å². The fourth-order valence-electron chi connectivity index (χ4n) is 3.29. The summed E-state index contributed by atoms with van der Waals surface area (Å²) in [5, 5.41) is 25.8. The zero-order valence-corrected chi connectivity index (χ0v) is 19.1. The van der Waals surface area contributed by atoms with Crippen LogP contribution in [0.5, 0.6) is 5.75 Å². The van der Waals surface area contributed by atoms with E-state index in [9.17, 15) is 29.0 Å². The van der Waals surface area contributed by atoms with Crippen LogP contribution in [0, 0.1) is 5.82 Å². The summed E-state index contributed by atoms with van der Waals surface area (Å²) in [5.74, 6) is -3.48. The molecule has 0 fully saturated rings. The first-order chi connectivity index (χ1) is 15.9. The van der Waals surface area contributed by atoms with Crippen LogP contribution in [0.15, 0.2) is 47.1 Å². The van der Waals surface area contributed by atoms with E-state index in [0.29, 0.717) is 12.0 Å². The second-order valence-corrected chi connectivity index (χ2v) is 8.71. The highest BCUT2D eigenvalue weighted by Crippen LogP contribution is 2.26. The monoisotopic (exact) mass is 468 g/mol. The lowest BCUT2D eigenvalue weighted by atomic mass is 10.1. The minimum Gasteiger partial charge on any atom is -0.505 e. The number of nitrogens with zero attached hydrogens (tertiary/aromatic N) is 2. The Morgan fingerprint density at radius 2 is 1.82 bits per heavy atom. The summed E-state index contributed by atoms with van der Waals surface area (Å²) in [7, 11) is 1.29. The fourth-order valence-corrected chi connectivity index (χ4v) is 3.29. The molecule has 0 bridgehead atoms. The number of aromatic nitrogens is 2. The molecule has 2 aromatic heterocycles. The highest BCUT2D eigenvalue weighted by Gasteiger charge is 2.24. The molecule has 0 unspecified atom stereocenters. The van der Waals surface area contributed by atoms with E-state index >= 15 is 0 Å². The summed E-state index contributed by atoms with van der Waals surface area (Å²) >= 11 is 0. The number of amides is 2. The summed E-state index contributed by atoms with van der Waals surface area (Å²) in [6.45, 7) is 5.15. The second kappa shape index (κ2) is 9.34. The minimum absolute atomic E-state index is 0.0601. The van der Waals surface area contributed by atoms with Crippen molar-refractivity contribution in [2.45, 2.75) is 32.7 Å². The van der Waals surface area contributed by atoms with Crippen LogP contribution in [0.25, 0.3) is 17.2 Å². The Morgan fingerprint density at radius 3 is 2.41 bits per heavy atom. The third-order valence-corrected chi connectivity index (χ3v) is 4.83. The van der Waals surface area contributed by atoms with E-state index in [1.54, 1.807) is 32.9 Å². The van der Waals surface area contributed by atoms with E-state index in [1.807, 2.05) is 0 Å². The summed E-state index contributed by atoms with van der Waals surface area (Å²) in [6.07, 6.45) is 2.65. The number of carbonyl (C=O) groups excluding carboxylic acids is 2. The molecule has 0 radical (unpaired) electrons. The lowest BCUT2D eigenvalue weighted by molar-refractivity contribution is -0.121. The molecule has 0 saturated carbocycles. The van der Waals surface area contributed by atoms with Crippen LogP contribution in [-0.2, 0) is 11.2 Å². The number of rotatable bonds is 5. The standard InChI is InChI=1S/C24H25FN4O5/c1-24(2,3)28-21(32)17(30)12-29-16-10-14(9-13-5-7-15(25)8-6-13)11-27-19(16)20(31)18(23(29)34)22(33)26-4/h5-8,10-12,30-31H,9H2,1-4H3,(H,26,33)(H,28,32)/b17-12-. The van der Waals surface area contributed by atoms with Gasteiger partial charge in [-0.25, -0.2) is 4.39 Å². The van der Waals surface area contributed by atoms with Crippen LogP contribution in [0.3, 0.4) is 0 Å². The number of hydrogen-bond acceptors (Lipinski definition) is 6. The molecule has 2 heterocycles. The predicted molar refractivity (Wildman–Crippen MR) is 125 cm³/mol. The molecule has 0 aliphatic rings. The number of aliphatic hydroxyl groups is 1. The van der Waals surface area contributed by atoms with Gasteiger partial charge in [-0.2, -0.15) is 0 Å². The van der Waals surface area contributed by atoms with Crippen LogP contribution >= 0.6 is 0 Å². The van der Waals surface area contributed by atoms with Gasteiger partial charge < -0.3 is 20.8 Å².